The maximum atomic E-state index is 5.50. The summed E-state index contributed by atoms with van der Waals surface area (Å²) in [4.78, 5) is 0. The van der Waals surface area contributed by atoms with Crippen molar-refractivity contribution in [1.82, 2.24) is 0 Å². The van der Waals surface area contributed by atoms with Crippen LogP contribution >= 0.6 is 0 Å². The molecule has 0 aromatic carbocycles. The Labute approximate surface area is 124 Å². The summed E-state index contributed by atoms with van der Waals surface area (Å²) < 4.78 is 10.6. The number of rotatable bonds is 9. The van der Waals surface area contributed by atoms with Crippen molar-refractivity contribution in [2.75, 3.05) is 14.2 Å². The second kappa shape index (κ2) is 12.1. The lowest BCUT2D eigenvalue weighted by atomic mass is 10.1. The molecule has 2 nitrogen and oxygen atoms in total. The van der Waals surface area contributed by atoms with Crippen LogP contribution < -0.4 is 0 Å². The predicted molar refractivity (Wildman–Crippen MR) is 93.0 cm³/mol. The summed E-state index contributed by atoms with van der Waals surface area (Å²) in [5.74, 6) is 0. The number of hydrogen-bond acceptors (Lipinski definition) is 2. The van der Waals surface area contributed by atoms with Crippen molar-refractivity contribution in [3.63, 3.8) is 0 Å². The minimum absolute atomic E-state index is 1.13. The molecule has 118 valence electrons. The second-order valence-corrected chi connectivity index (χ2v) is 15.9. The van der Waals surface area contributed by atoms with Crippen LogP contribution in [-0.2, 0) is 8.85 Å². The normalized spacial score (nSPS) is 12.0. The highest BCUT2D eigenvalue weighted by molar-refractivity contribution is 6.71. The zero-order valence-corrected chi connectivity index (χ0v) is 16.8. The monoisotopic (exact) mass is 306 g/mol. The predicted octanol–water partition coefficient (Wildman–Crippen LogP) is 5.67. The van der Waals surface area contributed by atoms with E-state index in [1.807, 2.05) is 7.11 Å². The zero-order chi connectivity index (χ0) is 15.4. The van der Waals surface area contributed by atoms with Gasteiger partial charge < -0.3 is 8.85 Å². The molecule has 0 saturated carbocycles. The Bertz CT molecular complexity index is 189. The first-order valence-corrected chi connectivity index (χ1v) is 14.3. The molecule has 0 atom stereocenters. The molecule has 0 amide bonds. The van der Waals surface area contributed by atoms with E-state index in [1.54, 1.807) is 7.11 Å². The van der Waals surface area contributed by atoms with E-state index in [-0.39, 0.29) is 0 Å². The summed E-state index contributed by atoms with van der Waals surface area (Å²) in [5.41, 5.74) is 0. The highest BCUT2D eigenvalue weighted by Crippen LogP contribution is 2.16. The maximum absolute atomic E-state index is 5.50. The van der Waals surface area contributed by atoms with Crippen molar-refractivity contribution in [2.24, 2.45) is 0 Å². The molecule has 0 aromatic heterocycles. The van der Waals surface area contributed by atoms with Crippen LogP contribution in [0.3, 0.4) is 0 Å². The van der Waals surface area contributed by atoms with Crippen LogP contribution in [0.5, 0.6) is 0 Å². The zero-order valence-electron chi connectivity index (χ0n) is 14.8. The molecular weight excluding hydrogens is 268 g/mol. The van der Waals surface area contributed by atoms with Gasteiger partial charge in [0.2, 0.25) is 0 Å². The van der Waals surface area contributed by atoms with Crippen molar-refractivity contribution in [3.05, 3.63) is 0 Å². The Morgan fingerprint density at radius 3 is 1.47 bits per heavy atom. The largest absolute Gasteiger partial charge is 0.421 e. The Kier molecular flexibility index (Phi) is 13.8. The molecule has 0 spiro atoms. The molecule has 0 heterocycles. The molecule has 0 radical (unpaired) electrons. The molecule has 0 aliphatic heterocycles. The Balaban J connectivity index is 0. The second-order valence-electron chi connectivity index (χ2n) is 6.80. The summed E-state index contributed by atoms with van der Waals surface area (Å²) in [6, 6.07) is 1.33. The molecular formula is C15H38O2Si2. The smallest absolute Gasteiger partial charge is 0.186 e. The van der Waals surface area contributed by atoms with Crippen molar-refractivity contribution in [3.8, 4) is 0 Å². The van der Waals surface area contributed by atoms with Crippen LogP contribution in [-0.4, -0.2) is 30.9 Å². The Morgan fingerprint density at radius 2 is 1.11 bits per heavy atom. The third kappa shape index (κ3) is 20.8. The summed E-state index contributed by atoms with van der Waals surface area (Å²) in [5, 5.41) is 0. The van der Waals surface area contributed by atoms with Crippen LogP contribution in [0.2, 0.25) is 38.8 Å². The SMILES string of the molecule is CCCCCCCC[Si](C)(C)OC.CO[Si](C)(C)C. The number of hydrogen-bond donors (Lipinski definition) is 0. The summed E-state index contributed by atoms with van der Waals surface area (Å²) in [7, 11) is 1.26. The van der Waals surface area contributed by atoms with Crippen molar-refractivity contribution in [1.29, 1.82) is 0 Å². The maximum Gasteiger partial charge on any atom is 0.186 e. The van der Waals surface area contributed by atoms with Gasteiger partial charge >= 0.3 is 0 Å². The van der Waals surface area contributed by atoms with Crippen LogP contribution in [0.25, 0.3) is 0 Å². The van der Waals surface area contributed by atoms with Crippen molar-refractivity contribution >= 4 is 16.6 Å². The third-order valence-electron chi connectivity index (χ3n) is 3.30. The van der Waals surface area contributed by atoms with Gasteiger partial charge in [-0.3, -0.25) is 0 Å². The van der Waals surface area contributed by atoms with Crippen LogP contribution in [0.1, 0.15) is 45.4 Å². The van der Waals surface area contributed by atoms with E-state index >= 15 is 0 Å². The van der Waals surface area contributed by atoms with E-state index < -0.39 is 16.6 Å². The van der Waals surface area contributed by atoms with Gasteiger partial charge in [0.05, 0.1) is 0 Å². The highest BCUT2D eigenvalue weighted by atomic mass is 28.4. The molecule has 0 unspecified atom stereocenters. The van der Waals surface area contributed by atoms with E-state index in [0.717, 1.165) is 0 Å². The van der Waals surface area contributed by atoms with Gasteiger partial charge in [0.1, 0.15) is 0 Å². The van der Waals surface area contributed by atoms with Crippen molar-refractivity contribution < 1.29 is 8.85 Å². The first-order valence-electron chi connectivity index (χ1n) is 7.79. The lowest BCUT2D eigenvalue weighted by molar-refractivity contribution is 0.400. The topological polar surface area (TPSA) is 18.5 Å². The van der Waals surface area contributed by atoms with Gasteiger partial charge in [0, 0.05) is 14.2 Å². The lowest BCUT2D eigenvalue weighted by Crippen LogP contribution is -2.27. The third-order valence-corrected chi connectivity index (χ3v) is 7.18. The minimum Gasteiger partial charge on any atom is -0.421 e. The molecule has 0 N–H and O–H groups in total. The molecule has 0 fully saturated rings. The quantitative estimate of drug-likeness (QED) is 0.404. The molecule has 4 heteroatoms. The fourth-order valence-corrected chi connectivity index (χ4v) is 2.74. The van der Waals surface area contributed by atoms with E-state index in [9.17, 15) is 0 Å². The van der Waals surface area contributed by atoms with E-state index in [1.165, 1.54) is 44.6 Å². The Morgan fingerprint density at radius 1 is 0.684 bits per heavy atom. The van der Waals surface area contributed by atoms with Gasteiger partial charge in [-0.25, -0.2) is 0 Å². The standard InChI is InChI=1S/C11H26OSi.C4H12OSi/c1-5-6-7-8-9-10-11-13(3,4)12-2;1-5-6(2,3)4/h5-11H2,1-4H3;1-4H3. The Hall–Kier alpha value is 0.354. The number of unbranched alkanes of at least 4 members (excludes halogenated alkanes) is 5. The fraction of sp³-hybridized carbons (Fsp3) is 1.00. The van der Waals surface area contributed by atoms with E-state index in [4.69, 9.17) is 8.85 Å². The van der Waals surface area contributed by atoms with Gasteiger partial charge in [0.15, 0.2) is 16.6 Å². The summed E-state index contributed by atoms with van der Waals surface area (Å²) >= 11 is 0. The molecule has 0 saturated heterocycles. The highest BCUT2D eigenvalue weighted by Gasteiger charge is 2.18. The van der Waals surface area contributed by atoms with Gasteiger partial charge in [0.25, 0.3) is 0 Å². The van der Waals surface area contributed by atoms with Gasteiger partial charge in [-0.05, 0) is 38.8 Å². The molecule has 0 aliphatic carbocycles. The molecule has 0 bridgehead atoms. The first-order chi connectivity index (χ1) is 8.68. The average molecular weight is 307 g/mol. The summed E-state index contributed by atoms with van der Waals surface area (Å²) in [6.45, 7) is 13.4. The fourth-order valence-electron chi connectivity index (χ4n) is 1.43. The van der Waals surface area contributed by atoms with Crippen LogP contribution in [0.4, 0.5) is 0 Å². The molecule has 0 aliphatic rings. The van der Waals surface area contributed by atoms with Crippen molar-refractivity contribution in [2.45, 2.75) is 84.2 Å². The van der Waals surface area contributed by atoms with Crippen LogP contribution in [0.15, 0.2) is 0 Å². The molecule has 0 aromatic rings. The van der Waals surface area contributed by atoms with Gasteiger partial charge in [-0.15, -0.1) is 0 Å². The lowest BCUT2D eigenvalue weighted by Gasteiger charge is -2.19. The molecule has 0 rings (SSSR count). The van der Waals surface area contributed by atoms with Gasteiger partial charge in [-0.1, -0.05) is 45.4 Å². The van der Waals surface area contributed by atoms with E-state index in [0.29, 0.717) is 0 Å². The minimum atomic E-state index is -1.25. The van der Waals surface area contributed by atoms with E-state index in [2.05, 4.69) is 39.7 Å². The first kappa shape index (κ1) is 21.6. The van der Waals surface area contributed by atoms with Gasteiger partial charge in [-0.2, -0.15) is 0 Å². The van der Waals surface area contributed by atoms with Crippen LogP contribution in [0, 0.1) is 0 Å². The summed E-state index contributed by atoms with van der Waals surface area (Å²) in [6.07, 6.45) is 8.37. The average Bonchev–Trinajstić information content (AvgIpc) is 2.33. The molecule has 19 heavy (non-hydrogen) atoms.